The van der Waals surface area contributed by atoms with Gasteiger partial charge in [0.1, 0.15) is 6.07 Å². The minimum absolute atomic E-state index is 0.101. The van der Waals surface area contributed by atoms with Crippen LogP contribution in [-0.4, -0.2) is 42.2 Å². The minimum Gasteiger partial charge on any atom is -0.379 e. The zero-order chi connectivity index (χ0) is 24.0. The first kappa shape index (κ1) is 23.9. The van der Waals surface area contributed by atoms with Gasteiger partial charge in [-0.1, -0.05) is 66.2 Å². The molecule has 6 nitrogen and oxygen atoms in total. The molecule has 0 saturated carbocycles. The van der Waals surface area contributed by atoms with Crippen LogP contribution in [0.2, 0.25) is 5.02 Å². The molecule has 3 aromatic rings. The molecular formula is C27H26ClN3O3. The molecule has 1 aliphatic heterocycles. The monoisotopic (exact) mass is 475 g/mol. The Morgan fingerprint density at radius 3 is 2.50 bits per heavy atom. The molecule has 1 unspecified atom stereocenters. The highest BCUT2D eigenvalue weighted by molar-refractivity contribution is 6.32. The van der Waals surface area contributed by atoms with Crippen molar-refractivity contribution in [1.82, 2.24) is 4.90 Å². The third kappa shape index (κ3) is 5.64. The van der Waals surface area contributed by atoms with Crippen molar-refractivity contribution < 1.29 is 14.6 Å². The van der Waals surface area contributed by atoms with Crippen molar-refractivity contribution in [2.24, 2.45) is 0 Å². The standard InChI is InChI=1S/C27H26ClN3O3/c28-25-16-24(10-9-22(25)18-29)30-26(32)27(33,23-7-2-1-3-8-23)17-20-5-4-6-21(15-20)19-31-11-13-34-14-12-31/h1-10,15-16,33H,11-14,17,19H2,(H,30,32). The molecule has 2 N–H and O–H groups in total. The van der Waals surface area contributed by atoms with Crippen molar-refractivity contribution in [2.75, 3.05) is 31.6 Å². The van der Waals surface area contributed by atoms with Crippen LogP contribution < -0.4 is 5.32 Å². The fourth-order valence-electron chi connectivity index (χ4n) is 4.10. The van der Waals surface area contributed by atoms with Gasteiger partial charge in [0.15, 0.2) is 5.60 Å². The van der Waals surface area contributed by atoms with Crippen LogP contribution in [0.4, 0.5) is 5.69 Å². The maximum Gasteiger partial charge on any atom is 0.261 e. The van der Waals surface area contributed by atoms with Crippen LogP contribution in [0.25, 0.3) is 0 Å². The molecule has 1 saturated heterocycles. The first-order chi connectivity index (χ1) is 16.5. The lowest BCUT2D eigenvalue weighted by Gasteiger charge is -2.29. The second-order valence-electron chi connectivity index (χ2n) is 8.37. The minimum atomic E-state index is -1.81. The van der Waals surface area contributed by atoms with Crippen LogP contribution in [0.3, 0.4) is 0 Å². The number of carbonyl (C=O) groups excluding carboxylic acids is 1. The number of morpholine rings is 1. The lowest BCUT2D eigenvalue weighted by atomic mass is 9.85. The number of benzene rings is 3. The Morgan fingerprint density at radius 1 is 1.06 bits per heavy atom. The molecule has 1 heterocycles. The fourth-order valence-corrected chi connectivity index (χ4v) is 4.32. The summed E-state index contributed by atoms with van der Waals surface area (Å²) in [4.78, 5) is 15.7. The number of nitriles is 1. The van der Waals surface area contributed by atoms with E-state index in [-0.39, 0.29) is 11.4 Å². The van der Waals surface area contributed by atoms with E-state index >= 15 is 0 Å². The lowest BCUT2D eigenvalue weighted by molar-refractivity contribution is -0.135. The van der Waals surface area contributed by atoms with Crippen LogP contribution in [-0.2, 0) is 28.1 Å². The van der Waals surface area contributed by atoms with Crippen LogP contribution in [0.5, 0.6) is 0 Å². The van der Waals surface area contributed by atoms with E-state index in [9.17, 15) is 9.90 Å². The van der Waals surface area contributed by atoms with E-state index in [2.05, 4.69) is 16.3 Å². The number of ether oxygens (including phenoxy) is 1. The van der Waals surface area contributed by atoms with Crippen LogP contribution in [0.1, 0.15) is 22.3 Å². The number of nitrogens with one attached hydrogen (secondary N) is 1. The third-order valence-electron chi connectivity index (χ3n) is 5.94. The third-order valence-corrected chi connectivity index (χ3v) is 6.25. The summed E-state index contributed by atoms with van der Waals surface area (Å²) in [6, 6.07) is 23.5. The molecule has 3 aromatic carbocycles. The zero-order valence-corrected chi connectivity index (χ0v) is 19.5. The summed E-state index contributed by atoms with van der Waals surface area (Å²) < 4.78 is 5.43. The molecule has 0 bridgehead atoms. The van der Waals surface area contributed by atoms with Crippen molar-refractivity contribution in [3.8, 4) is 6.07 Å². The molecule has 1 fully saturated rings. The summed E-state index contributed by atoms with van der Waals surface area (Å²) in [5.74, 6) is -0.571. The molecule has 1 amide bonds. The zero-order valence-electron chi connectivity index (χ0n) is 18.7. The maximum absolute atomic E-state index is 13.4. The highest BCUT2D eigenvalue weighted by Gasteiger charge is 2.38. The van der Waals surface area contributed by atoms with Crippen molar-refractivity contribution in [1.29, 1.82) is 5.26 Å². The molecule has 0 radical (unpaired) electrons. The van der Waals surface area contributed by atoms with E-state index in [4.69, 9.17) is 21.6 Å². The van der Waals surface area contributed by atoms with E-state index in [0.29, 0.717) is 16.8 Å². The molecule has 4 rings (SSSR count). The molecule has 34 heavy (non-hydrogen) atoms. The van der Waals surface area contributed by atoms with Crippen LogP contribution in [0.15, 0.2) is 72.8 Å². The Kier molecular flexibility index (Phi) is 7.61. The van der Waals surface area contributed by atoms with Gasteiger partial charge in [0.05, 0.1) is 23.8 Å². The summed E-state index contributed by atoms with van der Waals surface area (Å²) >= 11 is 6.12. The number of nitrogens with zero attached hydrogens (tertiary/aromatic N) is 2. The van der Waals surface area contributed by atoms with Gasteiger partial charge in [-0.25, -0.2) is 0 Å². The molecule has 7 heteroatoms. The lowest BCUT2D eigenvalue weighted by Crippen LogP contribution is -2.42. The van der Waals surface area contributed by atoms with Gasteiger partial charge in [-0.2, -0.15) is 5.26 Å². The van der Waals surface area contributed by atoms with Gasteiger partial charge in [0.2, 0.25) is 0 Å². The average molecular weight is 476 g/mol. The van der Waals surface area contributed by atoms with E-state index in [0.717, 1.165) is 44.0 Å². The topological polar surface area (TPSA) is 85.6 Å². The van der Waals surface area contributed by atoms with Crippen molar-refractivity contribution >= 4 is 23.2 Å². The Morgan fingerprint density at radius 2 is 1.79 bits per heavy atom. The van der Waals surface area contributed by atoms with E-state index in [1.54, 1.807) is 30.3 Å². The molecule has 1 atom stereocenters. The fraction of sp³-hybridized carbons (Fsp3) is 0.259. The van der Waals surface area contributed by atoms with Crippen molar-refractivity contribution in [3.05, 3.63) is 100 Å². The van der Waals surface area contributed by atoms with Crippen molar-refractivity contribution in [2.45, 2.75) is 18.6 Å². The Bertz CT molecular complexity index is 1190. The highest BCUT2D eigenvalue weighted by atomic mass is 35.5. The van der Waals surface area contributed by atoms with Crippen molar-refractivity contribution in [3.63, 3.8) is 0 Å². The predicted octanol–water partition coefficient (Wildman–Crippen LogP) is 4.11. The SMILES string of the molecule is N#Cc1ccc(NC(=O)C(O)(Cc2cccc(CN3CCOCC3)c2)c2ccccc2)cc1Cl. The highest BCUT2D eigenvalue weighted by Crippen LogP contribution is 2.29. The molecule has 0 aliphatic carbocycles. The summed E-state index contributed by atoms with van der Waals surface area (Å²) in [6.45, 7) is 4.01. The second-order valence-corrected chi connectivity index (χ2v) is 8.78. The van der Waals surface area contributed by atoms with Gasteiger partial charge in [-0.3, -0.25) is 9.69 Å². The first-order valence-corrected chi connectivity index (χ1v) is 11.5. The molecular weight excluding hydrogens is 450 g/mol. The number of rotatable bonds is 7. The smallest absolute Gasteiger partial charge is 0.261 e. The number of anilines is 1. The van der Waals surface area contributed by atoms with E-state index in [1.165, 1.54) is 12.1 Å². The number of amides is 1. The summed E-state index contributed by atoms with van der Waals surface area (Å²) in [6.07, 6.45) is 0.101. The predicted molar refractivity (Wildman–Crippen MR) is 131 cm³/mol. The average Bonchev–Trinajstić information content (AvgIpc) is 2.85. The second kappa shape index (κ2) is 10.8. The first-order valence-electron chi connectivity index (χ1n) is 11.1. The Labute approximate surface area is 204 Å². The van der Waals surface area contributed by atoms with Gasteiger partial charge in [0.25, 0.3) is 5.91 Å². The van der Waals surface area contributed by atoms with E-state index < -0.39 is 11.5 Å². The normalized spacial score (nSPS) is 15.8. The maximum atomic E-state index is 13.4. The summed E-state index contributed by atoms with van der Waals surface area (Å²) in [7, 11) is 0. The number of hydrogen-bond acceptors (Lipinski definition) is 5. The largest absolute Gasteiger partial charge is 0.379 e. The molecule has 0 spiro atoms. The van der Waals surface area contributed by atoms with Crippen LogP contribution in [0, 0.1) is 11.3 Å². The number of hydrogen-bond donors (Lipinski definition) is 2. The number of carbonyl (C=O) groups is 1. The van der Waals surface area contributed by atoms with Crippen LogP contribution >= 0.6 is 11.6 Å². The Balaban J connectivity index is 1.59. The molecule has 174 valence electrons. The van der Waals surface area contributed by atoms with E-state index in [1.807, 2.05) is 30.3 Å². The molecule has 1 aliphatic rings. The number of aliphatic hydroxyl groups is 1. The molecule has 0 aromatic heterocycles. The summed E-state index contributed by atoms with van der Waals surface area (Å²) in [5, 5.41) is 23.8. The Hall–Kier alpha value is -3.21. The van der Waals surface area contributed by atoms with Gasteiger partial charge in [0, 0.05) is 31.7 Å². The van der Waals surface area contributed by atoms with Gasteiger partial charge in [-0.15, -0.1) is 0 Å². The van der Waals surface area contributed by atoms with Gasteiger partial charge >= 0.3 is 0 Å². The van der Waals surface area contributed by atoms with Gasteiger partial charge in [-0.05, 0) is 34.9 Å². The number of halogens is 1. The quantitative estimate of drug-likeness (QED) is 0.537. The van der Waals surface area contributed by atoms with Gasteiger partial charge < -0.3 is 15.2 Å². The summed E-state index contributed by atoms with van der Waals surface area (Å²) in [5.41, 5.74) is 1.38.